The molecule has 2 aliphatic rings. The number of carbonyl (C=O) groups excluding carboxylic acids is 1. The maximum absolute atomic E-state index is 12.7. The second-order valence-electron chi connectivity index (χ2n) is 7.16. The largest absolute Gasteiger partial charge is 0.472 e. The van der Waals surface area contributed by atoms with Crippen LogP contribution < -0.4 is 0 Å². The van der Waals surface area contributed by atoms with Crippen molar-refractivity contribution in [1.82, 2.24) is 14.8 Å². The predicted molar refractivity (Wildman–Crippen MR) is 90.4 cm³/mol. The van der Waals surface area contributed by atoms with Crippen LogP contribution >= 0.6 is 0 Å². The highest BCUT2D eigenvalue weighted by Gasteiger charge is 2.42. The SMILES string of the molecule is O=C(c1cccnc1)N1CCCC2(CCN(Cc3ccoc3)C2)C1. The quantitative estimate of drug-likeness (QED) is 0.871. The van der Waals surface area contributed by atoms with Crippen molar-refractivity contribution in [3.63, 3.8) is 0 Å². The number of hydrogen-bond donors (Lipinski definition) is 0. The number of hydrogen-bond acceptors (Lipinski definition) is 4. The molecule has 1 amide bonds. The number of furan rings is 1. The molecule has 2 saturated heterocycles. The minimum Gasteiger partial charge on any atom is -0.472 e. The third-order valence-electron chi connectivity index (χ3n) is 5.36. The van der Waals surface area contributed by atoms with Gasteiger partial charge in [0.1, 0.15) is 0 Å². The molecule has 0 radical (unpaired) electrons. The number of nitrogens with zero attached hydrogens (tertiary/aromatic N) is 3. The van der Waals surface area contributed by atoms with Gasteiger partial charge in [-0.15, -0.1) is 0 Å². The number of piperidine rings is 1. The first-order valence-electron chi connectivity index (χ1n) is 8.67. The van der Waals surface area contributed by atoms with Gasteiger partial charge in [-0.05, 0) is 44.0 Å². The van der Waals surface area contributed by atoms with Crippen molar-refractivity contribution in [1.29, 1.82) is 0 Å². The van der Waals surface area contributed by atoms with E-state index in [9.17, 15) is 4.79 Å². The molecule has 1 unspecified atom stereocenters. The second-order valence-corrected chi connectivity index (χ2v) is 7.16. The second kappa shape index (κ2) is 6.40. The van der Waals surface area contributed by atoms with E-state index in [2.05, 4.69) is 9.88 Å². The van der Waals surface area contributed by atoms with Crippen LogP contribution in [0.1, 0.15) is 35.2 Å². The van der Waals surface area contributed by atoms with Crippen LogP contribution in [0.15, 0.2) is 47.5 Å². The third-order valence-corrected chi connectivity index (χ3v) is 5.36. The van der Waals surface area contributed by atoms with Gasteiger partial charge in [-0.1, -0.05) is 0 Å². The molecule has 126 valence electrons. The zero-order valence-electron chi connectivity index (χ0n) is 13.9. The molecule has 24 heavy (non-hydrogen) atoms. The fourth-order valence-electron chi connectivity index (χ4n) is 4.19. The lowest BCUT2D eigenvalue weighted by atomic mass is 9.79. The Morgan fingerprint density at radius 3 is 3.00 bits per heavy atom. The average Bonchev–Trinajstić information content (AvgIpc) is 3.26. The van der Waals surface area contributed by atoms with E-state index in [-0.39, 0.29) is 11.3 Å². The highest BCUT2D eigenvalue weighted by atomic mass is 16.3. The molecule has 1 atom stereocenters. The number of likely N-dealkylation sites (tertiary alicyclic amines) is 2. The maximum atomic E-state index is 12.7. The Hall–Kier alpha value is -2.14. The van der Waals surface area contributed by atoms with E-state index < -0.39 is 0 Å². The topological polar surface area (TPSA) is 49.6 Å². The van der Waals surface area contributed by atoms with Crippen LogP contribution in [-0.2, 0) is 6.54 Å². The van der Waals surface area contributed by atoms with Crippen LogP contribution in [0.4, 0.5) is 0 Å². The van der Waals surface area contributed by atoms with Gasteiger partial charge in [0.05, 0.1) is 18.1 Å². The maximum Gasteiger partial charge on any atom is 0.255 e. The first-order chi connectivity index (χ1) is 11.7. The van der Waals surface area contributed by atoms with Gasteiger partial charge in [0, 0.05) is 49.6 Å². The molecule has 0 bridgehead atoms. The predicted octanol–water partition coefficient (Wildman–Crippen LogP) is 2.80. The van der Waals surface area contributed by atoms with Crippen LogP contribution in [-0.4, -0.2) is 46.9 Å². The molecule has 4 heterocycles. The molecule has 2 aromatic rings. The van der Waals surface area contributed by atoms with Crippen molar-refractivity contribution in [2.24, 2.45) is 5.41 Å². The lowest BCUT2D eigenvalue weighted by Gasteiger charge is -2.40. The molecule has 4 rings (SSSR count). The van der Waals surface area contributed by atoms with Gasteiger partial charge in [-0.25, -0.2) is 0 Å². The van der Waals surface area contributed by atoms with E-state index in [1.54, 1.807) is 18.7 Å². The van der Waals surface area contributed by atoms with Gasteiger partial charge in [0.15, 0.2) is 0 Å². The summed E-state index contributed by atoms with van der Waals surface area (Å²) in [5.41, 5.74) is 2.17. The van der Waals surface area contributed by atoms with Gasteiger partial charge >= 0.3 is 0 Å². The van der Waals surface area contributed by atoms with Crippen LogP contribution in [0.3, 0.4) is 0 Å². The van der Waals surface area contributed by atoms with Crippen LogP contribution in [0.2, 0.25) is 0 Å². The van der Waals surface area contributed by atoms with Crippen LogP contribution in [0.25, 0.3) is 0 Å². The van der Waals surface area contributed by atoms with Gasteiger partial charge in [0.25, 0.3) is 5.91 Å². The Balaban J connectivity index is 1.42. The highest BCUT2D eigenvalue weighted by molar-refractivity contribution is 5.94. The summed E-state index contributed by atoms with van der Waals surface area (Å²) in [5, 5.41) is 0. The molecule has 5 nitrogen and oxygen atoms in total. The van der Waals surface area contributed by atoms with Crippen molar-refractivity contribution in [3.8, 4) is 0 Å². The highest BCUT2D eigenvalue weighted by Crippen LogP contribution is 2.39. The molecule has 0 N–H and O–H groups in total. The Morgan fingerprint density at radius 1 is 1.25 bits per heavy atom. The molecule has 0 aromatic carbocycles. The number of aromatic nitrogens is 1. The van der Waals surface area contributed by atoms with E-state index in [0.717, 1.165) is 39.1 Å². The molecule has 2 aliphatic heterocycles. The summed E-state index contributed by atoms with van der Waals surface area (Å²) in [6.45, 7) is 4.82. The van der Waals surface area contributed by atoms with Crippen molar-refractivity contribution in [2.45, 2.75) is 25.8 Å². The first kappa shape index (κ1) is 15.4. The standard InChI is InChI=1S/C19H23N3O2/c23-18(17-3-1-7-20-11-17)22-8-2-5-19(15-22)6-9-21(14-19)12-16-4-10-24-13-16/h1,3-4,7,10-11,13H,2,5-6,8-9,12,14-15H2. The summed E-state index contributed by atoms with van der Waals surface area (Å²) in [4.78, 5) is 21.3. The lowest BCUT2D eigenvalue weighted by molar-refractivity contribution is 0.0526. The van der Waals surface area contributed by atoms with Crippen LogP contribution in [0.5, 0.6) is 0 Å². The van der Waals surface area contributed by atoms with Crippen LogP contribution in [0, 0.1) is 5.41 Å². The van der Waals surface area contributed by atoms with E-state index in [1.807, 2.05) is 29.4 Å². The van der Waals surface area contributed by atoms with Crippen molar-refractivity contribution >= 4 is 5.91 Å². The molecule has 2 aromatic heterocycles. The fraction of sp³-hybridized carbons (Fsp3) is 0.474. The summed E-state index contributed by atoms with van der Waals surface area (Å²) in [6, 6.07) is 5.72. The van der Waals surface area contributed by atoms with Gasteiger partial charge in [-0.2, -0.15) is 0 Å². The number of carbonyl (C=O) groups is 1. The fourth-order valence-corrected chi connectivity index (χ4v) is 4.19. The minimum atomic E-state index is 0.121. The third kappa shape index (κ3) is 3.08. The number of rotatable bonds is 3. The Morgan fingerprint density at radius 2 is 2.21 bits per heavy atom. The molecule has 2 fully saturated rings. The van der Waals surface area contributed by atoms with Gasteiger partial charge in [-0.3, -0.25) is 14.7 Å². The Kier molecular flexibility index (Phi) is 4.10. The van der Waals surface area contributed by atoms with Crippen molar-refractivity contribution in [3.05, 3.63) is 54.2 Å². The Bertz CT molecular complexity index is 686. The van der Waals surface area contributed by atoms with Crippen molar-refractivity contribution in [2.75, 3.05) is 26.2 Å². The monoisotopic (exact) mass is 325 g/mol. The van der Waals surface area contributed by atoms with E-state index in [4.69, 9.17) is 4.42 Å². The normalized spacial score (nSPS) is 24.6. The average molecular weight is 325 g/mol. The molecule has 0 aliphatic carbocycles. The number of amides is 1. The summed E-state index contributed by atoms with van der Waals surface area (Å²) in [5.74, 6) is 0.121. The first-order valence-corrected chi connectivity index (χ1v) is 8.67. The molecule has 5 heteroatoms. The van der Waals surface area contributed by atoms with E-state index in [1.165, 1.54) is 18.4 Å². The molecular formula is C19H23N3O2. The summed E-state index contributed by atoms with van der Waals surface area (Å²) >= 11 is 0. The smallest absolute Gasteiger partial charge is 0.255 e. The number of pyridine rings is 1. The summed E-state index contributed by atoms with van der Waals surface area (Å²) < 4.78 is 5.17. The van der Waals surface area contributed by atoms with Gasteiger partial charge in [0.2, 0.25) is 0 Å². The van der Waals surface area contributed by atoms with Crippen molar-refractivity contribution < 1.29 is 9.21 Å². The molecule has 1 spiro atoms. The zero-order chi connectivity index (χ0) is 16.4. The Labute approximate surface area is 142 Å². The van der Waals surface area contributed by atoms with E-state index in [0.29, 0.717) is 5.56 Å². The van der Waals surface area contributed by atoms with Gasteiger partial charge < -0.3 is 9.32 Å². The summed E-state index contributed by atoms with van der Waals surface area (Å²) in [6.07, 6.45) is 10.4. The zero-order valence-corrected chi connectivity index (χ0v) is 13.9. The minimum absolute atomic E-state index is 0.121. The molecular weight excluding hydrogens is 302 g/mol. The molecule has 0 saturated carbocycles. The summed E-state index contributed by atoms with van der Waals surface area (Å²) in [7, 11) is 0. The van der Waals surface area contributed by atoms with E-state index >= 15 is 0 Å². The lowest BCUT2D eigenvalue weighted by Crippen LogP contribution is -2.47.